The van der Waals surface area contributed by atoms with Crippen molar-refractivity contribution >= 4 is 17.5 Å². The van der Waals surface area contributed by atoms with E-state index in [1.54, 1.807) is 28.0 Å². The summed E-state index contributed by atoms with van der Waals surface area (Å²) in [4.78, 5) is 32.5. The second-order valence-corrected chi connectivity index (χ2v) is 10.0. The molecule has 2 saturated heterocycles. The molecule has 0 bridgehead atoms. The number of carbonyl (C=O) groups excluding carboxylic acids is 2. The first-order valence-corrected chi connectivity index (χ1v) is 12.0. The quantitative estimate of drug-likeness (QED) is 0.690. The van der Waals surface area contributed by atoms with Crippen LogP contribution < -0.4 is 4.90 Å². The molecule has 1 aromatic carbocycles. The number of aromatic nitrogens is 2. The zero-order chi connectivity index (χ0) is 24.5. The van der Waals surface area contributed by atoms with E-state index in [0.717, 1.165) is 12.1 Å². The van der Waals surface area contributed by atoms with Crippen molar-refractivity contribution in [3.63, 3.8) is 0 Å². The Kier molecular flexibility index (Phi) is 5.01. The number of H-pyrrole nitrogens is 1. The average Bonchev–Trinajstić information content (AvgIpc) is 3.14. The van der Waals surface area contributed by atoms with Gasteiger partial charge in [-0.05, 0) is 37.3 Å². The molecule has 0 radical (unpaired) electrons. The van der Waals surface area contributed by atoms with Crippen LogP contribution in [0, 0.1) is 11.8 Å². The van der Waals surface area contributed by atoms with Crippen molar-refractivity contribution < 1.29 is 27.9 Å². The highest BCUT2D eigenvalue weighted by Crippen LogP contribution is 2.49. The summed E-state index contributed by atoms with van der Waals surface area (Å²) >= 11 is 0. The van der Waals surface area contributed by atoms with Gasteiger partial charge in [-0.2, -0.15) is 18.3 Å². The summed E-state index contributed by atoms with van der Waals surface area (Å²) in [7, 11) is 0. The zero-order valence-electron chi connectivity index (χ0n) is 19.0. The number of aromatic amines is 1. The fourth-order valence-electron chi connectivity index (χ4n) is 6.05. The second-order valence-electron chi connectivity index (χ2n) is 10.0. The Balaban J connectivity index is 1.12. The zero-order valence-corrected chi connectivity index (χ0v) is 19.0. The van der Waals surface area contributed by atoms with Crippen LogP contribution in [0.25, 0.3) is 0 Å². The Morgan fingerprint density at radius 3 is 2.54 bits per heavy atom. The van der Waals surface area contributed by atoms with Crippen molar-refractivity contribution in [2.45, 2.75) is 43.9 Å². The third-order valence-corrected chi connectivity index (χ3v) is 7.90. The van der Waals surface area contributed by atoms with Crippen LogP contribution in [0.15, 0.2) is 24.3 Å². The van der Waals surface area contributed by atoms with E-state index in [1.165, 1.54) is 0 Å². The Labute approximate surface area is 199 Å². The summed E-state index contributed by atoms with van der Waals surface area (Å²) < 4.78 is 39.8. The Hall–Kier alpha value is -3.24. The predicted octanol–water partition coefficient (Wildman–Crippen LogP) is 2.19. The Morgan fingerprint density at radius 2 is 1.83 bits per heavy atom. The number of piperazine rings is 1. The van der Waals surface area contributed by atoms with Crippen LogP contribution in [0.3, 0.4) is 0 Å². The van der Waals surface area contributed by atoms with Gasteiger partial charge in [0.05, 0.1) is 0 Å². The second kappa shape index (κ2) is 7.89. The first-order valence-electron chi connectivity index (χ1n) is 12.0. The molecule has 0 spiro atoms. The molecule has 3 fully saturated rings. The fraction of sp³-hybridized carbons (Fsp3) is 0.542. The van der Waals surface area contributed by atoms with E-state index in [4.69, 9.17) is 0 Å². The molecule has 1 saturated carbocycles. The molecule has 4 aliphatic rings. The number of hydrogen-bond acceptors (Lipinski definition) is 5. The van der Waals surface area contributed by atoms with Gasteiger partial charge >= 0.3 is 6.18 Å². The average molecular weight is 489 g/mol. The topological polar surface area (TPSA) is 92.8 Å². The van der Waals surface area contributed by atoms with E-state index < -0.39 is 23.8 Å². The van der Waals surface area contributed by atoms with E-state index in [-0.39, 0.29) is 42.0 Å². The highest BCUT2D eigenvalue weighted by atomic mass is 19.4. The number of anilines is 1. The largest absolute Gasteiger partial charge is 0.508 e. The van der Waals surface area contributed by atoms with Crippen LogP contribution in [-0.4, -0.2) is 75.2 Å². The lowest BCUT2D eigenvalue weighted by molar-refractivity contribution is -0.147. The maximum Gasteiger partial charge on any atom is 0.435 e. The molecule has 11 heteroatoms. The molecular weight excluding hydrogens is 463 g/mol. The van der Waals surface area contributed by atoms with Crippen LogP contribution in [0.4, 0.5) is 18.9 Å². The Bertz CT molecular complexity index is 1170. The lowest BCUT2D eigenvalue weighted by Crippen LogP contribution is -2.56. The van der Waals surface area contributed by atoms with Crippen molar-refractivity contribution in [3.8, 4) is 5.75 Å². The molecule has 3 heterocycles. The number of fused-ring (bicyclic) bond motifs is 2. The maximum atomic E-state index is 13.5. The number of carbonyl (C=O) groups is 2. The van der Waals surface area contributed by atoms with Crippen LogP contribution in [0.5, 0.6) is 5.75 Å². The number of aromatic hydroxyl groups is 1. The molecule has 4 atom stereocenters. The van der Waals surface area contributed by atoms with E-state index in [9.17, 15) is 27.9 Å². The van der Waals surface area contributed by atoms with Crippen LogP contribution in [0.2, 0.25) is 0 Å². The van der Waals surface area contributed by atoms with Gasteiger partial charge in [0.1, 0.15) is 11.8 Å². The molecule has 1 aromatic heterocycles. The van der Waals surface area contributed by atoms with E-state index in [1.807, 2.05) is 6.07 Å². The number of benzene rings is 1. The van der Waals surface area contributed by atoms with E-state index >= 15 is 0 Å². The van der Waals surface area contributed by atoms with Crippen LogP contribution in [0.1, 0.15) is 29.8 Å². The Morgan fingerprint density at radius 1 is 1.06 bits per heavy atom. The van der Waals surface area contributed by atoms with Crippen LogP contribution >= 0.6 is 0 Å². The molecular formula is C24H26F3N5O3. The molecule has 2 aromatic rings. The molecule has 6 rings (SSSR count). The van der Waals surface area contributed by atoms with Crippen molar-refractivity contribution in [2.24, 2.45) is 11.8 Å². The third-order valence-electron chi connectivity index (χ3n) is 7.90. The van der Waals surface area contributed by atoms with Gasteiger partial charge in [-0.1, -0.05) is 6.07 Å². The van der Waals surface area contributed by atoms with Crippen molar-refractivity contribution in [1.82, 2.24) is 20.0 Å². The normalized spacial score (nSPS) is 27.7. The number of nitrogens with zero attached hydrogens (tertiary/aromatic N) is 4. The monoisotopic (exact) mass is 489 g/mol. The highest BCUT2D eigenvalue weighted by Gasteiger charge is 2.58. The number of piperidine rings is 1. The van der Waals surface area contributed by atoms with E-state index in [0.29, 0.717) is 44.2 Å². The first-order chi connectivity index (χ1) is 16.7. The molecule has 8 nitrogen and oxygen atoms in total. The van der Waals surface area contributed by atoms with Gasteiger partial charge < -0.3 is 19.8 Å². The van der Waals surface area contributed by atoms with Gasteiger partial charge in [0, 0.05) is 67.6 Å². The summed E-state index contributed by atoms with van der Waals surface area (Å²) in [6, 6.07) is 6.48. The van der Waals surface area contributed by atoms with Gasteiger partial charge in [0.2, 0.25) is 11.8 Å². The van der Waals surface area contributed by atoms with Gasteiger partial charge in [0.25, 0.3) is 0 Å². The number of phenolic OH excluding ortho intramolecular Hbond substituents is 1. The summed E-state index contributed by atoms with van der Waals surface area (Å²) in [6.45, 7) is 2.26. The number of likely N-dealkylation sites (tertiary alicyclic amines) is 1. The molecule has 2 aliphatic heterocycles. The van der Waals surface area contributed by atoms with Crippen molar-refractivity contribution in [2.75, 3.05) is 31.1 Å². The number of rotatable bonds is 3. The summed E-state index contributed by atoms with van der Waals surface area (Å²) in [6.07, 6.45) is -2.90. The number of alkyl halides is 3. The predicted molar refractivity (Wildman–Crippen MR) is 119 cm³/mol. The molecule has 2 N–H and O–H groups in total. The molecule has 2 aliphatic carbocycles. The minimum absolute atomic E-state index is 0.00307. The number of hydrogen-bond donors (Lipinski definition) is 2. The minimum atomic E-state index is -4.56. The number of nitrogens with one attached hydrogen (secondary N) is 1. The first kappa shape index (κ1) is 22.2. The van der Waals surface area contributed by atoms with Crippen LogP contribution in [-0.2, 0) is 28.6 Å². The number of amides is 2. The smallest absolute Gasteiger partial charge is 0.435 e. The van der Waals surface area contributed by atoms with Gasteiger partial charge in [-0.15, -0.1) is 0 Å². The number of halogens is 3. The fourth-order valence-corrected chi connectivity index (χ4v) is 6.05. The summed E-state index contributed by atoms with van der Waals surface area (Å²) in [5, 5.41) is 15.6. The van der Waals surface area contributed by atoms with E-state index in [2.05, 4.69) is 15.1 Å². The molecule has 1 unspecified atom stereocenters. The highest BCUT2D eigenvalue weighted by molar-refractivity contribution is 5.91. The lowest BCUT2D eigenvalue weighted by Gasteiger charge is -2.39. The maximum absolute atomic E-state index is 13.5. The summed E-state index contributed by atoms with van der Waals surface area (Å²) in [5.41, 5.74) is 0.403. The lowest BCUT2D eigenvalue weighted by atomic mass is 10.0. The standard InChI is InChI=1S/C24H26F3N5O3/c25-24(26,27)21-17-8-14(9-18(17)28-29-21)22(34)32-19-10-13(19)11-20(32)23(35)31-6-4-30(5-7-31)15-2-1-3-16(33)12-15/h1-3,12-14,19-20,33H,4-11H2,(H,28,29)/t13-,14?,19-,20-/m0/s1. The van der Waals surface area contributed by atoms with Gasteiger partial charge in [-0.25, -0.2) is 0 Å². The molecule has 2 amide bonds. The van der Waals surface area contributed by atoms with Gasteiger partial charge in [-0.3, -0.25) is 14.7 Å². The SMILES string of the molecule is O=C([C@@H]1C[C@@H]2C[C@@H]2N1C(=O)C1Cc2[nH]nc(C(F)(F)F)c2C1)N1CCN(c2cccc(O)c2)CC1. The summed E-state index contributed by atoms with van der Waals surface area (Å²) in [5.74, 6) is -0.401. The third kappa shape index (κ3) is 3.81. The minimum Gasteiger partial charge on any atom is -0.508 e. The van der Waals surface area contributed by atoms with Crippen molar-refractivity contribution in [1.29, 1.82) is 0 Å². The van der Waals surface area contributed by atoms with Crippen molar-refractivity contribution in [3.05, 3.63) is 41.2 Å². The molecule has 35 heavy (non-hydrogen) atoms. The van der Waals surface area contributed by atoms with Gasteiger partial charge in [0.15, 0.2) is 5.69 Å². The molecule has 186 valence electrons. The number of phenols is 1.